The van der Waals surface area contributed by atoms with Crippen molar-refractivity contribution in [3.8, 4) is 11.5 Å². The molecule has 1 aliphatic heterocycles. The molecular formula is C14H15NO3S. The summed E-state index contributed by atoms with van der Waals surface area (Å²) in [6.45, 7) is 1.45. The fraction of sp³-hybridized carbons (Fsp3) is 0.286. The van der Waals surface area contributed by atoms with Gasteiger partial charge in [-0.1, -0.05) is 18.2 Å². The zero-order chi connectivity index (χ0) is 13.1. The third-order valence-electron chi connectivity index (χ3n) is 3.00. The quantitative estimate of drug-likeness (QED) is 0.880. The van der Waals surface area contributed by atoms with E-state index >= 15 is 0 Å². The number of hydrogen-bond acceptors (Lipinski definition) is 5. The molecule has 0 bridgehead atoms. The SMILES string of the molecule is OC(CNCc1cccc2c1OCO2)c1cccs1. The molecule has 0 aliphatic carbocycles. The molecule has 0 fully saturated rings. The van der Waals surface area contributed by atoms with Crippen LogP contribution in [0.4, 0.5) is 0 Å². The Balaban J connectivity index is 1.57. The maximum Gasteiger partial charge on any atom is 0.231 e. The lowest BCUT2D eigenvalue weighted by atomic mass is 10.2. The molecule has 5 heteroatoms. The number of para-hydroxylation sites is 1. The van der Waals surface area contributed by atoms with E-state index in [0.29, 0.717) is 13.1 Å². The van der Waals surface area contributed by atoms with Gasteiger partial charge in [0.2, 0.25) is 6.79 Å². The van der Waals surface area contributed by atoms with E-state index in [9.17, 15) is 5.11 Å². The van der Waals surface area contributed by atoms with Gasteiger partial charge in [-0.2, -0.15) is 0 Å². The molecule has 3 rings (SSSR count). The second-order valence-corrected chi connectivity index (χ2v) is 5.29. The van der Waals surface area contributed by atoms with Gasteiger partial charge in [0.15, 0.2) is 11.5 Å². The number of nitrogens with one attached hydrogen (secondary N) is 1. The minimum Gasteiger partial charge on any atom is -0.454 e. The normalized spacial score (nSPS) is 14.6. The van der Waals surface area contributed by atoms with E-state index in [1.54, 1.807) is 11.3 Å². The third kappa shape index (κ3) is 2.73. The van der Waals surface area contributed by atoms with E-state index in [4.69, 9.17) is 9.47 Å². The van der Waals surface area contributed by atoms with Crippen molar-refractivity contribution in [3.05, 3.63) is 46.2 Å². The molecule has 1 aromatic heterocycles. The first kappa shape index (κ1) is 12.5. The molecule has 0 amide bonds. The topological polar surface area (TPSA) is 50.7 Å². The Morgan fingerprint density at radius 3 is 3.05 bits per heavy atom. The zero-order valence-corrected chi connectivity index (χ0v) is 11.2. The summed E-state index contributed by atoms with van der Waals surface area (Å²) in [6.07, 6.45) is -0.464. The van der Waals surface area contributed by atoms with Crippen molar-refractivity contribution in [1.29, 1.82) is 0 Å². The van der Waals surface area contributed by atoms with Crippen molar-refractivity contribution in [1.82, 2.24) is 5.32 Å². The van der Waals surface area contributed by atoms with Crippen LogP contribution in [0.3, 0.4) is 0 Å². The number of aliphatic hydroxyl groups excluding tert-OH is 1. The van der Waals surface area contributed by atoms with Crippen LogP contribution in [0.2, 0.25) is 0 Å². The summed E-state index contributed by atoms with van der Waals surface area (Å²) in [5.74, 6) is 1.60. The van der Waals surface area contributed by atoms with Gasteiger partial charge in [-0.05, 0) is 17.5 Å². The molecule has 100 valence electrons. The minimum absolute atomic E-state index is 0.282. The molecule has 1 atom stereocenters. The Bertz CT molecular complexity index is 542. The third-order valence-corrected chi connectivity index (χ3v) is 3.98. The van der Waals surface area contributed by atoms with Crippen molar-refractivity contribution >= 4 is 11.3 Å². The van der Waals surface area contributed by atoms with E-state index < -0.39 is 6.10 Å². The van der Waals surface area contributed by atoms with Crippen LogP contribution in [0.15, 0.2) is 35.7 Å². The number of rotatable bonds is 5. The number of fused-ring (bicyclic) bond motifs is 1. The Kier molecular flexibility index (Phi) is 3.68. The number of benzene rings is 1. The molecule has 0 spiro atoms. The van der Waals surface area contributed by atoms with Gasteiger partial charge >= 0.3 is 0 Å². The number of hydrogen-bond donors (Lipinski definition) is 2. The van der Waals surface area contributed by atoms with Gasteiger partial charge in [0.1, 0.15) is 6.10 Å². The van der Waals surface area contributed by atoms with Crippen LogP contribution < -0.4 is 14.8 Å². The Morgan fingerprint density at radius 2 is 2.21 bits per heavy atom. The zero-order valence-electron chi connectivity index (χ0n) is 10.3. The minimum atomic E-state index is -0.464. The predicted molar refractivity (Wildman–Crippen MR) is 73.6 cm³/mol. The fourth-order valence-electron chi connectivity index (χ4n) is 2.05. The van der Waals surface area contributed by atoms with E-state index in [0.717, 1.165) is 21.9 Å². The molecular weight excluding hydrogens is 262 g/mol. The number of ether oxygens (including phenoxy) is 2. The summed E-state index contributed by atoms with van der Waals surface area (Å²) in [7, 11) is 0. The summed E-state index contributed by atoms with van der Waals surface area (Å²) in [5.41, 5.74) is 1.05. The van der Waals surface area contributed by atoms with Gasteiger partial charge in [0, 0.05) is 23.5 Å². The summed E-state index contributed by atoms with van der Waals surface area (Å²) < 4.78 is 10.8. The lowest BCUT2D eigenvalue weighted by Gasteiger charge is -2.11. The van der Waals surface area contributed by atoms with Gasteiger partial charge < -0.3 is 19.9 Å². The van der Waals surface area contributed by atoms with E-state index in [2.05, 4.69) is 5.32 Å². The average Bonchev–Trinajstić information content (AvgIpc) is 3.10. The highest BCUT2D eigenvalue weighted by molar-refractivity contribution is 7.10. The van der Waals surface area contributed by atoms with Crippen LogP contribution in [-0.4, -0.2) is 18.4 Å². The fourth-order valence-corrected chi connectivity index (χ4v) is 2.77. The Labute approximate surface area is 115 Å². The van der Waals surface area contributed by atoms with Gasteiger partial charge in [-0.25, -0.2) is 0 Å². The molecule has 2 heterocycles. The first-order chi connectivity index (χ1) is 9.34. The second-order valence-electron chi connectivity index (χ2n) is 4.31. The molecule has 0 radical (unpaired) electrons. The van der Waals surface area contributed by atoms with E-state index in [-0.39, 0.29) is 6.79 Å². The van der Waals surface area contributed by atoms with Crippen molar-refractivity contribution in [2.45, 2.75) is 12.6 Å². The van der Waals surface area contributed by atoms with Crippen LogP contribution in [0.5, 0.6) is 11.5 Å². The Hall–Kier alpha value is -1.56. The van der Waals surface area contributed by atoms with Crippen LogP contribution in [0, 0.1) is 0 Å². The average molecular weight is 277 g/mol. The summed E-state index contributed by atoms with van der Waals surface area (Å²) in [6, 6.07) is 9.72. The van der Waals surface area contributed by atoms with E-state index in [1.165, 1.54) is 0 Å². The molecule has 19 heavy (non-hydrogen) atoms. The lowest BCUT2D eigenvalue weighted by Crippen LogP contribution is -2.20. The monoisotopic (exact) mass is 277 g/mol. The predicted octanol–water partition coefficient (Wildman–Crippen LogP) is 2.30. The van der Waals surface area contributed by atoms with Gasteiger partial charge in [0.05, 0.1) is 0 Å². The van der Waals surface area contributed by atoms with Gasteiger partial charge in [-0.15, -0.1) is 11.3 Å². The highest BCUT2D eigenvalue weighted by atomic mass is 32.1. The summed E-state index contributed by atoms with van der Waals surface area (Å²) in [5, 5.41) is 15.2. The molecule has 1 aliphatic rings. The summed E-state index contributed by atoms with van der Waals surface area (Å²) in [4.78, 5) is 0.977. The smallest absolute Gasteiger partial charge is 0.231 e. The number of aliphatic hydroxyl groups is 1. The van der Waals surface area contributed by atoms with Crippen LogP contribution >= 0.6 is 11.3 Å². The summed E-state index contributed by atoms with van der Waals surface area (Å²) >= 11 is 1.56. The molecule has 2 N–H and O–H groups in total. The van der Waals surface area contributed by atoms with Gasteiger partial charge in [-0.3, -0.25) is 0 Å². The molecule has 2 aromatic rings. The van der Waals surface area contributed by atoms with Crippen LogP contribution in [0.1, 0.15) is 16.5 Å². The highest BCUT2D eigenvalue weighted by Gasteiger charge is 2.17. The maximum absolute atomic E-state index is 9.97. The first-order valence-electron chi connectivity index (χ1n) is 6.14. The van der Waals surface area contributed by atoms with Crippen LogP contribution in [0.25, 0.3) is 0 Å². The van der Waals surface area contributed by atoms with Crippen molar-refractivity contribution in [3.63, 3.8) is 0 Å². The van der Waals surface area contributed by atoms with Crippen LogP contribution in [-0.2, 0) is 6.54 Å². The maximum atomic E-state index is 9.97. The molecule has 0 saturated heterocycles. The van der Waals surface area contributed by atoms with Crippen molar-refractivity contribution < 1.29 is 14.6 Å². The van der Waals surface area contributed by atoms with Crippen molar-refractivity contribution in [2.24, 2.45) is 0 Å². The van der Waals surface area contributed by atoms with Gasteiger partial charge in [0.25, 0.3) is 0 Å². The standard InChI is InChI=1S/C14H15NO3S/c16-11(13-5-2-6-19-13)8-15-7-10-3-1-4-12-14(10)18-9-17-12/h1-6,11,15-16H,7-9H2. The first-order valence-corrected chi connectivity index (χ1v) is 7.02. The second kappa shape index (κ2) is 5.61. The Morgan fingerprint density at radius 1 is 1.26 bits per heavy atom. The molecule has 1 aromatic carbocycles. The largest absolute Gasteiger partial charge is 0.454 e. The number of thiophene rings is 1. The highest BCUT2D eigenvalue weighted by Crippen LogP contribution is 2.35. The lowest BCUT2D eigenvalue weighted by molar-refractivity contribution is 0.171. The molecule has 1 unspecified atom stereocenters. The van der Waals surface area contributed by atoms with E-state index in [1.807, 2.05) is 35.7 Å². The van der Waals surface area contributed by atoms with Crippen molar-refractivity contribution in [2.75, 3.05) is 13.3 Å². The molecule has 0 saturated carbocycles. The molecule has 4 nitrogen and oxygen atoms in total.